The summed E-state index contributed by atoms with van der Waals surface area (Å²) >= 11 is 0. The van der Waals surface area contributed by atoms with Crippen LogP contribution in [0.5, 0.6) is 17.4 Å². The zero-order valence-electron chi connectivity index (χ0n) is 17.0. The van der Waals surface area contributed by atoms with Gasteiger partial charge < -0.3 is 14.8 Å². The van der Waals surface area contributed by atoms with Crippen molar-refractivity contribution in [1.29, 1.82) is 5.26 Å². The van der Waals surface area contributed by atoms with Crippen molar-refractivity contribution in [3.8, 4) is 23.4 Å². The van der Waals surface area contributed by atoms with Gasteiger partial charge in [0, 0.05) is 17.8 Å². The third-order valence-electron chi connectivity index (χ3n) is 4.12. The van der Waals surface area contributed by atoms with Crippen LogP contribution in [-0.4, -0.2) is 22.4 Å². The molecule has 1 aromatic heterocycles. The van der Waals surface area contributed by atoms with E-state index in [-0.39, 0.29) is 17.1 Å². The quantitative estimate of drug-likeness (QED) is 0.237. The average molecular weight is 430 g/mol. The number of aromatic nitrogens is 1. The number of pyridine rings is 1. The molecular formula is C23H18N4O5. The SMILES string of the molecule is CCOc1cc(/C=C(/C#N)C(=O)Nc2ccccc2)ccc1Oc1ccc([N+](=O)[O-])cn1. The topological polar surface area (TPSA) is 127 Å². The predicted octanol–water partition coefficient (Wildman–Crippen LogP) is 4.73. The van der Waals surface area contributed by atoms with Gasteiger partial charge in [0.25, 0.3) is 11.6 Å². The van der Waals surface area contributed by atoms with Crippen molar-refractivity contribution in [2.75, 3.05) is 11.9 Å². The number of para-hydroxylation sites is 1. The van der Waals surface area contributed by atoms with Gasteiger partial charge in [-0.1, -0.05) is 24.3 Å². The van der Waals surface area contributed by atoms with Gasteiger partial charge in [-0.2, -0.15) is 5.26 Å². The van der Waals surface area contributed by atoms with Gasteiger partial charge in [0.1, 0.15) is 17.8 Å². The van der Waals surface area contributed by atoms with E-state index in [9.17, 15) is 20.2 Å². The van der Waals surface area contributed by atoms with Crippen LogP contribution < -0.4 is 14.8 Å². The Hall–Kier alpha value is -4.71. The van der Waals surface area contributed by atoms with Gasteiger partial charge in [0.05, 0.1) is 11.5 Å². The molecule has 1 amide bonds. The molecule has 0 radical (unpaired) electrons. The second-order valence-corrected chi connectivity index (χ2v) is 6.34. The van der Waals surface area contributed by atoms with E-state index in [1.807, 2.05) is 12.1 Å². The van der Waals surface area contributed by atoms with E-state index < -0.39 is 10.8 Å². The number of hydrogen-bond donors (Lipinski definition) is 1. The molecule has 0 fully saturated rings. The molecule has 3 rings (SSSR count). The van der Waals surface area contributed by atoms with Crippen LogP contribution in [0.25, 0.3) is 6.08 Å². The summed E-state index contributed by atoms with van der Waals surface area (Å²) in [4.78, 5) is 26.6. The minimum absolute atomic E-state index is 0.0815. The van der Waals surface area contributed by atoms with Gasteiger partial charge >= 0.3 is 0 Å². The lowest BCUT2D eigenvalue weighted by Crippen LogP contribution is -2.13. The number of rotatable bonds is 8. The molecule has 9 heteroatoms. The normalized spacial score (nSPS) is 10.7. The molecule has 0 saturated heterocycles. The maximum Gasteiger partial charge on any atom is 0.287 e. The Morgan fingerprint density at radius 1 is 1.19 bits per heavy atom. The van der Waals surface area contributed by atoms with Crippen LogP contribution in [0.1, 0.15) is 12.5 Å². The summed E-state index contributed by atoms with van der Waals surface area (Å²) in [5, 5.41) is 22.9. The van der Waals surface area contributed by atoms with Crippen LogP contribution in [0.4, 0.5) is 11.4 Å². The smallest absolute Gasteiger partial charge is 0.287 e. The summed E-state index contributed by atoms with van der Waals surface area (Å²) in [6, 6.07) is 18.3. The Balaban J connectivity index is 1.82. The molecule has 0 spiro atoms. The third kappa shape index (κ3) is 5.67. The first kappa shape index (κ1) is 22.0. The monoisotopic (exact) mass is 430 g/mol. The van der Waals surface area contributed by atoms with Crippen molar-refractivity contribution >= 4 is 23.4 Å². The Kier molecular flexibility index (Phi) is 7.12. The van der Waals surface area contributed by atoms with Crippen LogP contribution in [0.2, 0.25) is 0 Å². The average Bonchev–Trinajstić information content (AvgIpc) is 2.80. The van der Waals surface area contributed by atoms with Gasteiger partial charge in [-0.15, -0.1) is 0 Å². The van der Waals surface area contributed by atoms with Crippen LogP contribution in [-0.2, 0) is 4.79 Å². The first-order valence-electron chi connectivity index (χ1n) is 9.53. The lowest BCUT2D eigenvalue weighted by atomic mass is 10.1. The zero-order chi connectivity index (χ0) is 22.9. The largest absolute Gasteiger partial charge is 0.490 e. The van der Waals surface area contributed by atoms with Crippen molar-refractivity contribution < 1.29 is 19.2 Å². The molecule has 1 N–H and O–H groups in total. The Morgan fingerprint density at radius 2 is 1.97 bits per heavy atom. The van der Waals surface area contributed by atoms with Crippen LogP contribution in [0.3, 0.4) is 0 Å². The minimum Gasteiger partial charge on any atom is -0.490 e. The highest BCUT2D eigenvalue weighted by atomic mass is 16.6. The molecular weight excluding hydrogens is 412 g/mol. The Bertz CT molecular complexity index is 1190. The van der Waals surface area contributed by atoms with Crippen LogP contribution >= 0.6 is 0 Å². The highest BCUT2D eigenvalue weighted by Crippen LogP contribution is 2.33. The lowest BCUT2D eigenvalue weighted by Gasteiger charge is -2.12. The summed E-state index contributed by atoms with van der Waals surface area (Å²) in [5.41, 5.74) is 0.896. The molecule has 0 atom stereocenters. The number of hydrogen-bond acceptors (Lipinski definition) is 7. The molecule has 0 unspecified atom stereocenters. The maximum atomic E-state index is 12.4. The second-order valence-electron chi connectivity index (χ2n) is 6.34. The fraction of sp³-hybridized carbons (Fsp3) is 0.0870. The van der Waals surface area contributed by atoms with Crippen LogP contribution in [0, 0.1) is 21.4 Å². The second kappa shape index (κ2) is 10.4. The minimum atomic E-state index is -0.551. The van der Waals surface area contributed by atoms with E-state index in [4.69, 9.17) is 9.47 Å². The summed E-state index contributed by atoms with van der Waals surface area (Å²) in [6.07, 6.45) is 2.53. The first-order valence-corrected chi connectivity index (χ1v) is 9.53. The van der Waals surface area contributed by atoms with Gasteiger partial charge in [0.2, 0.25) is 5.88 Å². The molecule has 0 aliphatic rings. The van der Waals surface area contributed by atoms with Crippen molar-refractivity contribution in [2.24, 2.45) is 0 Å². The molecule has 9 nitrogen and oxygen atoms in total. The van der Waals surface area contributed by atoms with E-state index in [0.29, 0.717) is 29.4 Å². The molecule has 2 aromatic carbocycles. The van der Waals surface area contributed by atoms with Gasteiger partial charge in [-0.25, -0.2) is 4.98 Å². The summed E-state index contributed by atoms with van der Waals surface area (Å²) < 4.78 is 11.3. The number of benzene rings is 2. The number of nitrogens with one attached hydrogen (secondary N) is 1. The number of carbonyl (C=O) groups is 1. The molecule has 1 heterocycles. The molecule has 160 valence electrons. The predicted molar refractivity (Wildman–Crippen MR) is 117 cm³/mol. The standard InChI is InChI=1S/C23H18N4O5/c1-2-31-21-13-16(12-17(14-24)23(28)26-18-6-4-3-5-7-18)8-10-20(21)32-22-11-9-19(15-25-22)27(29)30/h3-13,15H,2H2,1H3,(H,26,28)/b17-12-. The number of carbonyl (C=O) groups excluding carboxylic acids is 1. The summed E-state index contributed by atoms with van der Waals surface area (Å²) in [5.74, 6) is 0.312. The summed E-state index contributed by atoms with van der Waals surface area (Å²) in [6.45, 7) is 2.14. The van der Waals surface area contributed by atoms with Gasteiger partial charge in [-0.05, 0) is 42.8 Å². The number of nitrogens with zero attached hydrogens (tertiary/aromatic N) is 3. The third-order valence-corrected chi connectivity index (χ3v) is 4.12. The van der Waals surface area contributed by atoms with Crippen molar-refractivity contribution in [3.05, 3.63) is 88.1 Å². The molecule has 0 aliphatic heterocycles. The van der Waals surface area contributed by atoms with Crippen LogP contribution in [0.15, 0.2) is 72.4 Å². The number of amides is 1. The van der Waals surface area contributed by atoms with Crippen molar-refractivity contribution in [2.45, 2.75) is 6.92 Å². The fourth-order valence-corrected chi connectivity index (χ4v) is 2.66. The summed E-state index contributed by atoms with van der Waals surface area (Å²) in [7, 11) is 0. The molecule has 0 bridgehead atoms. The van der Waals surface area contributed by atoms with Gasteiger partial charge in [-0.3, -0.25) is 14.9 Å². The lowest BCUT2D eigenvalue weighted by molar-refractivity contribution is -0.385. The van der Waals surface area contributed by atoms with E-state index in [1.54, 1.807) is 49.4 Å². The number of anilines is 1. The van der Waals surface area contributed by atoms with E-state index in [1.165, 1.54) is 18.2 Å². The van der Waals surface area contributed by atoms with E-state index in [0.717, 1.165) is 6.20 Å². The van der Waals surface area contributed by atoms with Gasteiger partial charge in [0.15, 0.2) is 11.5 Å². The first-order chi connectivity index (χ1) is 15.5. The fourth-order valence-electron chi connectivity index (χ4n) is 2.66. The molecule has 0 saturated carbocycles. The van der Waals surface area contributed by atoms with Crippen molar-refractivity contribution in [3.63, 3.8) is 0 Å². The zero-order valence-corrected chi connectivity index (χ0v) is 17.0. The van der Waals surface area contributed by atoms with E-state index >= 15 is 0 Å². The molecule has 3 aromatic rings. The Morgan fingerprint density at radius 3 is 2.59 bits per heavy atom. The van der Waals surface area contributed by atoms with Crippen molar-refractivity contribution in [1.82, 2.24) is 4.98 Å². The maximum absolute atomic E-state index is 12.4. The highest BCUT2D eigenvalue weighted by Gasteiger charge is 2.13. The number of nitro groups is 1. The number of ether oxygens (including phenoxy) is 2. The Labute approximate surface area is 183 Å². The molecule has 0 aliphatic carbocycles. The number of nitriles is 1. The highest BCUT2D eigenvalue weighted by molar-refractivity contribution is 6.09. The van der Waals surface area contributed by atoms with E-state index in [2.05, 4.69) is 10.3 Å². The molecule has 32 heavy (non-hydrogen) atoms.